The average Bonchev–Trinajstić information content (AvgIpc) is 2.44. The largest absolute Gasteiger partial charge is 0.595 e. The molecule has 0 saturated heterocycles. The van der Waals surface area contributed by atoms with Crippen LogP contribution in [0.15, 0.2) is 12.1 Å². The maximum Gasteiger partial charge on any atom is 0.312 e. The van der Waals surface area contributed by atoms with E-state index in [1.807, 2.05) is 13.8 Å². The molecular weight excluding hydrogens is 292 g/mol. The molecule has 3 atom stereocenters. The zero-order chi connectivity index (χ0) is 17.0. The molecule has 3 unspecified atom stereocenters. The number of hydrogen-bond acceptors (Lipinski definition) is 6. The van der Waals surface area contributed by atoms with E-state index in [1.165, 1.54) is 19.2 Å². The molecule has 0 saturated carbocycles. The molecule has 0 fully saturated rings. The number of esters is 1. The van der Waals surface area contributed by atoms with Gasteiger partial charge in [0.25, 0.3) is 0 Å². The highest BCUT2D eigenvalue weighted by Crippen LogP contribution is 2.29. The number of benzene rings is 1. The molecule has 0 aliphatic heterocycles. The summed E-state index contributed by atoms with van der Waals surface area (Å²) >= 11 is 0. The molecule has 0 amide bonds. The lowest BCUT2D eigenvalue weighted by molar-refractivity contribution is -0.996. The topological polar surface area (TPSA) is 122 Å². The standard InChI is InChI=1S/C14H22N2O6/c1-8(2)5-11-12(15(18)19)6-10(7-13(11)16(20)21)9(3)14(17)22-4/h6-9,15-16,18,20H,5H2,1-4H3. The molecule has 8 nitrogen and oxygen atoms in total. The van der Waals surface area contributed by atoms with Gasteiger partial charge in [0.1, 0.15) is 0 Å². The first-order valence-electron chi connectivity index (χ1n) is 6.90. The normalized spacial score (nSPS) is 15.5. The third-order valence-electron chi connectivity index (χ3n) is 3.40. The third kappa shape index (κ3) is 4.23. The van der Waals surface area contributed by atoms with Crippen LogP contribution in [0.3, 0.4) is 0 Å². The molecule has 0 radical (unpaired) electrons. The van der Waals surface area contributed by atoms with Crippen LogP contribution in [0.1, 0.15) is 37.8 Å². The van der Waals surface area contributed by atoms with E-state index in [0.717, 1.165) is 0 Å². The van der Waals surface area contributed by atoms with E-state index >= 15 is 0 Å². The second-order valence-corrected chi connectivity index (χ2v) is 5.55. The van der Waals surface area contributed by atoms with E-state index < -0.39 is 22.3 Å². The van der Waals surface area contributed by atoms with Gasteiger partial charge >= 0.3 is 5.97 Å². The first-order chi connectivity index (χ1) is 10.2. The van der Waals surface area contributed by atoms with E-state index in [4.69, 9.17) is 0 Å². The lowest BCUT2D eigenvalue weighted by Crippen LogP contribution is -3.01. The summed E-state index contributed by atoms with van der Waals surface area (Å²) in [7, 11) is 1.22. The van der Waals surface area contributed by atoms with Crippen LogP contribution in [0.25, 0.3) is 0 Å². The molecule has 22 heavy (non-hydrogen) atoms. The summed E-state index contributed by atoms with van der Waals surface area (Å²) in [5.74, 6) is -1.20. The number of carbonyl (C=O) groups is 1. The quantitative estimate of drug-likeness (QED) is 0.432. The number of hydrogen-bond donors (Lipinski definition) is 4. The average molecular weight is 314 g/mol. The van der Waals surface area contributed by atoms with Gasteiger partial charge in [-0.25, -0.2) is 10.4 Å². The van der Waals surface area contributed by atoms with E-state index in [2.05, 4.69) is 4.74 Å². The van der Waals surface area contributed by atoms with Crippen molar-refractivity contribution in [1.29, 1.82) is 0 Å². The fourth-order valence-corrected chi connectivity index (χ4v) is 2.27. The molecule has 0 aliphatic rings. The monoisotopic (exact) mass is 314 g/mol. The van der Waals surface area contributed by atoms with E-state index in [-0.39, 0.29) is 22.9 Å². The Morgan fingerprint density at radius 1 is 1.18 bits per heavy atom. The lowest BCUT2D eigenvalue weighted by Gasteiger charge is -2.23. The van der Waals surface area contributed by atoms with Crippen molar-refractivity contribution in [2.45, 2.75) is 33.1 Å². The van der Waals surface area contributed by atoms with Crippen molar-refractivity contribution in [3.63, 3.8) is 0 Å². The van der Waals surface area contributed by atoms with Crippen LogP contribution in [0.5, 0.6) is 0 Å². The van der Waals surface area contributed by atoms with Crippen molar-refractivity contribution in [2.75, 3.05) is 7.11 Å². The molecule has 0 bridgehead atoms. The molecule has 1 aromatic carbocycles. The van der Waals surface area contributed by atoms with Gasteiger partial charge in [0.2, 0.25) is 0 Å². The van der Waals surface area contributed by atoms with E-state index in [9.17, 15) is 25.6 Å². The van der Waals surface area contributed by atoms with Crippen molar-refractivity contribution in [2.24, 2.45) is 5.92 Å². The third-order valence-corrected chi connectivity index (χ3v) is 3.40. The first-order valence-corrected chi connectivity index (χ1v) is 6.90. The minimum absolute atomic E-state index is 0.0839. The van der Waals surface area contributed by atoms with Crippen molar-refractivity contribution in [1.82, 2.24) is 0 Å². The molecule has 1 aromatic rings. The second kappa shape index (κ2) is 7.63. The predicted molar refractivity (Wildman–Crippen MR) is 77.0 cm³/mol. The smallest absolute Gasteiger partial charge is 0.312 e. The van der Waals surface area contributed by atoms with Crippen LogP contribution < -0.4 is 10.5 Å². The number of quaternary nitrogens is 2. The van der Waals surface area contributed by atoms with Gasteiger partial charge in [-0.1, -0.05) is 13.8 Å². The fraction of sp³-hybridized carbons (Fsp3) is 0.500. The van der Waals surface area contributed by atoms with Gasteiger partial charge in [-0.05, 0) is 24.8 Å². The molecule has 0 spiro atoms. The Balaban J connectivity index is 3.49. The molecule has 0 heterocycles. The van der Waals surface area contributed by atoms with Crippen LogP contribution in [0.2, 0.25) is 0 Å². The van der Waals surface area contributed by atoms with Crippen molar-refractivity contribution in [3.05, 3.63) is 33.7 Å². The molecule has 1 rings (SSSR count). The Hall–Kier alpha value is -1.55. The molecular formula is C14H22N2O6. The number of rotatable bonds is 6. The van der Waals surface area contributed by atoms with Gasteiger partial charge in [-0.15, -0.1) is 0 Å². The summed E-state index contributed by atoms with van der Waals surface area (Å²) in [5.41, 5.74) is 0.420. The van der Waals surface area contributed by atoms with Gasteiger partial charge in [0, 0.05) is 12.1 Å². The van der Waals surface area contributed by atoms with Crippen LogP contribution in [-0.2, 0) is 16.0 Å². The van der Waals surface area contributed by atoms with Crippen molar-refractivity contribution in [3.8, 4) is 0 Å². The molecule has 124 valence electrons. The van der Waals surface area contributed by atoms with Gasteiger partial charge in [-0.3, -0.25) is 4.79 Å². The van der Waals surface area contributed by atoms with Gasteiger partial charge in [-0.2, -0.15) is 10.5 Å². The zero-order valence-corrected chi connectivity index (χ0v) is 13.0. The highest BCUT2D eigenvalue weighted by Gasteiger charge is 2.25. The van der Waals surface area contributed by atoms with Crippen molar-refractivity contribution >= 4 is 17.3 Å². The number of ether oxygens (including phenoxy) is 1. The summed E-state index contributed by atoms with van der Waals surface area (Å²) in [4.78, 5) is 11.6. The Labute approximate surface area is 128 Å². The second-order valence-electron chi connectivity index (χ2n) is 5.55. The predicted octanol–water partition coefficient (Wildman–Crippen LogP) is -0.0316. The number of methoxy groups -OCH3 is 1. The van der Waals surface area contributed by atoms with Crippen LogP contribution in [-0.4, -0.2) is 23.5 Å². The molecule has 4 N–H and O–H groups in total. The maximum absolute atomic E-state index is 11.6. The Bertz CT molecular complexity index is 501. The SMILES string of the molecule is COC(=O)C(C)c1cc([NH+]([O-])O)c(CC(C)C)c([NH+]([O-])O)c1. The van der Waals surface area contributed by atoms with Crippen LogP contribution in [0.4, 0.5) is 11.4 Å². The van der Waals surface area contributed by atoms with E-state index in [0.29, 0.717) is 12.0 Å². The van der Waals surface area contributed by atoms with Gasteiger partial charge < -0.3 is 15.2 Å². The maximum atomic E-state index is 11.6. The number of carbonyl (C=O) groups excluding carboxylic acids is 1. The summed E-state index contributed by atoms with van der Waals surface area (Å²) in [5, 5.41) is 39.3. The van der Waals surface area contributed by atoms with E-state index in [1.54, 1.807) is 6.92 Å². The number of nitrogens with one attached hydrogen (secondary N) is 2. The Kier molecular flexibility index (Phi) is 6.42. The minimum Gasteiger partial charge on any atom is -0.595 e. The summed E-state index contributed by atoms with van der Waals surface area (Å²) in [6, 6.07) is 2.71. The highest BCUT2D eigenvalue weighted by molar-refractivity contribution is 5.78. The lowest BCUT2D eigenvalue weighted by atomic mass is 9.93. The highest BCUT2D eigenvalue weighted by atomic mass is 16.8. The Morgan fingerprint density at radius 2 is 1.64 bits per heavy atom. The zero-order valence-electron chi connectivity index (χ0n) is 13.0. The van der Waals surface area contributed by atoms with Gasteiger partial charge in [0.15, 0.2) is 11.4 Å². The van der Waals surface area contributed by atoms with Crippen LogP contribution in [0, 0.1) is 16.3 Å². The molecule has 0 aromatic heterocycles. The summed E-state index contributed by atoms with van der Waals surface area (Å²) in [6.45, 7) is 5.30. The van der Waals surface area contributed by atoms with Crippen molar-refractivity contribution < 1.29 is 30.4 Å². The minimum atomic E-state index is -1.21. The summed E-state index contributed by atoms with van der Waals surface area (Å²) in [6.07, 6.45) is 0.330. The van der Waals surface area contributed by atoms with Gasteiger partial charge in [0.05, 0.1) is 18.6 Å². The molecule has 0 aliphatic carbocycles. The molecule has 8 heteroatoms. The fourth-order valence-electron chi connectivity index (χ4n) is 2.27. The first kappa shape index (κ1) is 18.5. The summed E-state index contributed by atoms with van der Waals surface area (Å²) < 4.78 is 4.63. The Morgan fingerprint density at radius 3 is 1.95 bits per heavy atom. The van der Waals surface area contributed by atoms with Crippen LogP contribution >= 0.6 is 0 Å².